The van der Waals surface area contributed by atoms with Crippen LogP contribution in [0.3, 0.4) is 0 Å². The first-order chi connectivity index (χ1) is 9.13. The van der Waals surface area contributed by atoms with E-state index >= 15 is 0 Å². The highest BCUT2D eigenvalue weighted by Gasteiger charge is 2.28. The molecule has 1 N–H and O–H groups in total. The highest BCUT2D eigenvalue weighted by Crippen LogP contribution is 2.41. The van der Waals surface area contributed by atoms with Crippen molar-refractivity contribution >= 4 is 22.9 Å². The first-order valence-corrected chi connectivity index (χ1v) is 7.81. The summed E-state index contributed by atoms with van der Waals surface area (Å²) in [5.74, 6) is 0.527. The van der Waals surface area contributed by atoms with Gasteiger partial charge in [0, 0.05) is 10.8 Å². The third kappa shape index (κ3) is 3.38. The molecular formula is C16H19ClOS. The van der Waals surface area contributed by atoms with E-state index < -0.39 is 6.10 Å². The summed E-state index contributed by atoms with van der Waals surface area (Å²) in [6.45, 7) is 4.35. The van der Waals surface area contributed by atoms with E-state index in [4.69, 9.17) is 11.6 Å². The monoisotopic (exact) mass is 294 g/mol. The number of hydrogen-bond acceptors (Lipinski definition) is 2. The van der Waals surface area contributed by atoms with E-state index in [1.54, 1.807) is 0 Å². The van der Waals surface area contributed by atoms with Crippen LogP contribution in [-0.2, 0) is 0 Å². The van der Waals surface area contributed by atoms with Gasteiger partial charge in [-0.2, -0.15) is 0 Å². The topological polar surface area (TPSA) is 20.2 Å². The predicted molar refractivity (Wildman–Crippen MR) is 82.9 cm³/mol. The molecule has 0 saturated carbocycles. The standard InChI is InChI=1S/C16H19ClOS/c1-3-11(2)15(12-7-5-4-6-8-12)16(18)13-9-10-14(17)19-13/h4-11,15-16,18H,3H2,1-2H3. The van der Waals surface area contributed by atoms with Gasteiger partial charge in [-0.3, -0.25) is 0 Å². The third-order valence-electron chi connectivity index (χ3n) is 3.67. The summed E-state index contributed by atoms with van der Waals surface area (Å²) in [7, 11) is 0. The van der Waals surface area contributed by atoms with Gasteiger partial charge in [-0.15, -0.1) is 11.3 Å². The molecule has 0 spiro atoms. The molecule has 2 aromatic rings. The fourth-order valence-electron chi connectivity index (χ4n) is 2.42. The lowest BCUT2D eigenvalue weighted by Crippen LogP contribution is -2.17. The number of hydrogen-bond donors (Lipinski definition) is 1. The van der Waals surface area contributed by atoms with Gasteiger partial charge in [-0.1, -0.05) is 62.2 Å². The van der Waals surface area contributed by atoms with Crippen LogP contribution in [0.25, 0.3) is 0 Å². The van der Waals surface area contributed by atoms with Gasteiger partial charge in [0.05, 0.1) is 10.4 Å². The summed E-state index contributed by atoms with van der Waals surface area (Å²) >= 11 is 7.44. The Morgan fingerprint density at radius 1 is 1.16 bits per heavy atom. The lowest BCUT2D eigenvalue weighted by Gasteiger charge is -2.28. The molecule has 1 aromatic carbocycles. The average Bonchev–Trinajstić information content (AvgIpc) is 2.86. The SMILES string of the molecule is CCC(C)C(c1ccccc1)C(O)c1ccc(Cl)s1. The summed E-state index contributed by atoms with van der Waals surface area (Å²) in [6, 6.07) is 14.0. The maximum atomic E-state index is 10.7. The second-order valence-electron chi connectivity index (χ2n) is 4.91. The zero-order chi connectivity index (χ0) is 13.8. The van der Waals surface area contributed by atoms with Crippen molar-refractivity contribution in [3.05, 3.63) is 57.2 Å². The molecule has 0 saturated heterocycles. The predicted octanol–water partition coefficient (Wildman–Crippen LogP) is 5.26. The Morgan fingerprint density at radius 2 is 1.84 bits per heavy atom. The molecule has 0 aliphatic rings. The van der Waals surface area contributed by atoms with Gasteiger partial charge in [-0.25, -0.2) is 0 Å². The van der Waals surface area contributed by atoms with Crippen molar-refractivity contribution in [2.45, 2.75) is 32.3 Å². The number of aliphatic hydroxyl groups excluding tert-OH is 1. The van der Waals surface area contributed by atoms with E-state index in [2.05, 4.69) is 26.0 Å². The molecule has 2 rings (SSSR count). The lowest BCUT2D eigenvalue weighted by atomic mass is 9.81. The smallest absolute Gasteiger partial charge is 0.0953 e. The van der Waals surface area contributed by atoms with Crippen molar-refractivity contribution in [3.63, 3.8) is 0 Å². The first kappa shape index (κ1) is 14.6. The molecule has 3 unspecified atom stereocenters. The van der Waals surface area contributed by atoms with Crippen LogP contribution in [0, 0.1) is 5.92 Å². The van der Waals surface area contributed by atoms with Crippen LogP contribution in [-0.4, -0.2) is 5.11 Å². The molecule has 0 bridgehead atoms. The number of rotatable bonds is 5. The summed E-state index contributed by atoms with van der Waals surface area (Å²) in [5.41, 5.74) is 1.19. The fraction of sp³-hybridized carbons (Fsp3) is 0.375. The van der Waals surface area contributed by atoms with Crippen molar-refractivity contribution in [1.29, 1.82) is 0 Å². The molecule has 19 heavy (non-hydrogen) atoms. The Bertz CT molecular complexity index is 508. The Morgan fingerprint density at radius 3 is 2.37 bits per heavy atom. The Balaban J connectivity index is 2.33. The quantitative estimate of drug-likeness (QED) is 0.797. The molecule has 0 aliphatic carbocycles. The maximum absolute atomic E-state index is 10.7. The minimum Gasteiger partial charge on any atom is -0.387 e. The van der Waals surface area contributed by atoms with Crippen LogP contribution < -0.4 is 0 Å². The summed E-state index contributed by atoms with van der Waals surface area (Å²) in [4.78, 5) is 0.944. The molecule has 1 nitrogen and oxygen atoms in total. The van der Waals surface area contributed by atoms with Crippen molar-refractivity contribution < 1.29 is 5.11 Å². The molecule has 102 valence electrons. The summed E-state index contributed by atoms with van der Waals surface area (Å²) in [5, 5.41) is 10.7. The van der Waals surface area contributed by atoms with Gasteiger partial charge >= 0.3 is 0 Å². The average molecular weight is 295 g/mol. The second kappa shape index (κ2) is 6.56. The zero-order valence-electron chi connectivity index (χ0n) is 11.2. The molecule has 0 aliphatic heterocycles. The Labute approximate surface area is 123 Å². The van der Waals surface area contributed by atoms with Crippen LogP contribution >= 0.6 is 22.9 Å². The minimum absolute atomic E-state index is 0.112. The molecule has 0 fully saturated rings. The van der Waals surface area contributed by atoms with Gasteiger partial charge in [0.1, 0.15) is 0 Å². The van der Waals surface area contributed by atoms with Crippen LogP contribution in [0.5, 0.6) is 0 Å². The molecule has 3 heteroatoms. The molecule has 3 atom stereocenters. The van der Waals surface area contributed by atoms with Gasteiger partial charge in [0.15, 0.2) is 0 Å². The number of benzene rings is 1. The highest BCUT2D eigenvalue weighted by atomic mass is 35.5. The first-order valence-electron chi connectivity index (χ1n) is 6.61. The van der Waals surface area contributed by atoms with E-state index in [9.17, 15) is 5.11 Å². The van der Waals surface area contributed by atoms with Crippen LogP contribution in [0.2, 0.25) is 4.34 Å². The zero-order valence-corrected chi connectivity index (χ0v) is 12.8. The van der Waals surface area contributed by atoms with Crippen molar-refractivity contribution in [2.75, 3.05) is 0 Å². The highest BCUT2D eigenvalue weighted by molar-refractivity contribution is 7.16. The normalized spacial score (nSPS) is 16.0. The number of thiophene rings is 1. The maximum Gasteiger partial charge on any atom is 0.0953 e. The number of aliphatic hydroxyl groups is 1. The molecule has 1 aromatic heterocycles. The van der Waals surface area contributed by atoms with Gasteiger partial charge in [-0.05, 0) is 23.6 Å². The third-order valence-corrected chi connectivity index (χ3v) is 4.97. The summed E-state index contributed by atoms with van der Waals surface area (Å²) in [6.07, 6.45) is 0.547. The van der Waals surface area contributed by atoms with Crippen molar-refractivity contribution in [1.82, 2.24) is 0 Å². The molecule has 0 amide bonds. The van der Waals surface area contributed by atoms with Gasteiger partial charge in [0.25, 0.3) is 0 Å². The Kier molecular flexibility index (Phi) is 5.03. The lowest BCUT2D eigenvalue weighted by molar-refractivity contribution is 0.121. The molecule has 1 heterocycles. The van der Waals surface area contributed by atoms with Crippen LogP contribution in [0.1, 0.15) is 42.7 Å². The fourth-order valence-corrected chi connectivity index (χ4v) is 3.51. The van der Waals surface area contributed by atoms with E-state index in [-0.39, 0.29) is 5.92 Å². The summed E-state index contributed by atoms with van der Waals surface area (Å²) < 4.78 is 0.727. The molecule has 0 radical (unpaired) electrons. The second-order valence-corrected chi connectivity index (χ2v) is 6.66. The van der Waals surface area contributed by atoms with Crippen molar-refractivity contribution in [2.24, 2.45) is 5.92 Å². The van der Waals surface area contributed by atoms with E-state index in [0.29, 0.717) is 5.92 Å². The van der Waals surface area contributed by atoms with Crippen LogP contribution in [0.4, 0.5) is 0 Å². The molecular weight excluding hydrogens is 276 g/mol. The van der Waals surface area contributed by atoms with Crippen LogP contribution in [0.15, 0.2) is 42.5 Å². The van der Waals surface area contributed by atoms with E-state index in [0.717, 1.165) is 15.6 Å². The van der Waals surface area contributed by atoms with Gasteiger partial charge in [0.2, 0.25) is 0 Å². The Hall–Kier alpha value is -0.830. The number of halogens is 1. The largest absolute Gasteiger partial charge is 0.387 e. The van der Waals surface area contributed by atoms with E-state index in [1.165, 1.54) is 16.9 Å². The van der Waals surface area contributed by atoms with E-state index in [1.807, 2.05) is 30.3 Å². The van der Waals surface area contributed by atoms with Crippen molar-refractivity contribution in [3.8, 4) is 0 Å². The van der Waals surface area contributed by atoms with Gasteiger partial charge < -0.3 is 5.11 Å². The minimum atomic E-state index is -0.491.